The van der Waals surface area contributed by atoms with Crippen LogP contribution in [0.1, 0.15) is 42.1 Å². The number of benzene rings is 1. The van der Waals surface area contributed by atoms with E-state index in [1.807, 2.05) is 17.9 Å². The zero-order valence-corrected chi connectivity index (χ0v) is 18.0. The van der Waals surface area contributed by atoms with Gasteiger partial charge in [-0.15, -0.1) is 24.0 Å². The molecule has 5 nitrogen and oxygen atoms in total. The monoisotopic (exact) mass is 455 g/mol. The number of unbranched alkanes of at least 4 members (excludes halogenated alkanes) is 1. The average Bonchev–Trinajstić information content (AvgIpc) is 2.90. The summed E-state index contributed by atoms with van der Waals surface area (Å²) in [5, 5.41) is 11.1. The number of hydrogen-bond donors (Lipinski definition) is 2. The van der Waals surface area contributed by atoms with Crippen LogP contribution in [0.5, 0.6) is 0 Å². The highest BCUT2D eigenvalue weighted by molar-refractivity contribution is 14.0. The lowest BCUT2D eigenvalue weighted by molar-refractivity contribution is 0.719. The Morgan fingerprint density at radius 1 is 1.16 bits per heavy atom. The van der Waals surface area contributed by atoms with Crippen molar-refractivity contribution in [1.29, 1.82) is 0 Å². The van der Waals surface area contributed by atoms with E-state index < -0.39 is 0 Å². The molecule has 0 saturated carbocycles. The number of aromatic nitrogens is 2. The molecule has 0 aliphatic heterocycles. The maximum absolute atomic E-state index is 4.71. The fourth-order valence-electron chi connectivity index (χ4n) is 2.32. The van der Waals surface area contributed by atoms with Crippen LogP contribution in [0.3, 0.4) is 0 Å². The molecule has 0 aliphatic carbocycles. The third kappa shape index (κ3) is 7.05. The third-order valence-electron chi connectivity index (χ3n) is 4.15. The van der Waals surface area contributed by atoms with Gasteiger partial charge in [-0.25, -0.2) is 4.99 Å². The Kier molecular flexibility index (Phi) is 9.55. The molecule has 1 heterocycles. The predicted molar refractivity (Wildman–Crippen MR) is 115 cm³/mol. The van der Waals surface area contributed by atoms with Gasteiger partial charge in [0.15, 0.2) is 5.96 Å². The molecule has 0 saturated heterocycles. The zero-order chi connectivity index (χ0) is 17.4. The molecule has 0 fully saturated rings. The molecule has 6 heteroatoms. The van der Waals surface area contributed by atoms with Crippen LogP contribution in [0.2, 0.25) is 0 Å². The molecule has 1 aromatic heterocycles. The van der Waals surface area contributed by atoms with Crippen LogP contribution in [0.15, 0.2) is 35.5 Å². The van der Waals surface area contributed by atoms with E-state index in [2.05, 4.69) is 60.8 Å². The Morgan fingerprint density at radius 2 is 1.88 bits per heavy atom. The summed E-state index contributed by atoms with van der Waals surface area (Å²) in [6.45, 7) is 8.71. The number of guanidine groups is 1. The minimum Gasteiger partial charge on any atom is -0.356 e. The lowest BCUT2D eigenvalue weighted by atomic mass is 10.1. The summed E-state index contributed by atoms with van der Waals surface area (Å²) in [5.41, 5.74) is 4.86. The van der Waals surface area contributed by atoms with Crippen LogP contribution in [0.4, 0.5) is 0 Å². The molecular formula is C19H30IN5. The van der Waals surface area contributed by atoms with Crippen LogP contribution in [-0.2, 0) is 20.1 Å². The van der Waals surface area contributed by atoms with E-state index in [0.29, 0.717) is 6.54 Å². The van der Waals surface area contributed by atoms with E-state index in [4.69, 9.17) is 4.99 Å². The number of rotatable bonds is 7. The molecule has 138 valence electrons. The van der Waals surface area contributed by atoms with Crippen molar-refractivity contribution in [3.8, 4) is 0 Å². The van der Waals surface area contributed by atoms with E-state index in [-0.39, 0.29) is 24.0 Å². The summed E-state index contributed by atoms with van der Waals surface area (Å²) in [6, 6.07) is 8.52. The summed E-state index contributed by atoms with van der Waals surface area (Å²) >= 11 is 0. The third-order valence-corrected chi connectivity index (χ3v) is 4.15. The van der Waals surface area contributed by atoms with Crippen LogP contribution in [0, 0.1) is 13.8 Å². The van der Waals surface area contributed by atoms with Gasteiger partial charge in [-0.3, -0.25) is 4.68 Å². The van der Waals surface area contributed by atoms with Gasteiger partial charge < -0.3 is 10.6 Å². The molecule has 0 aliphatic rings. The molecule has 0 amide bonds. The van der Waals surface area contributed by atoms with E-state index >= 15 is 0 Å². The summed E-state index contributed by atoms with van der Waals surface area (Å²) in [6.07, 6.45) is 4.21. The Labute approximate surface area is 168 Å². The molecule has 2 N–H and O–H groups in total. The van der Waals surface area contributed by atoms with Crippen LogP contribution in [-0.4, -0.2) is 22.3 Å². The normalized spacial score (nSPS) is 11.1. The van der Waals surface area contributed by atoms with E-state index in [9.17, 15) is 0 Å². The largest absolute Gasteiger partial charge is 0.356 e. The molecule has 0 atom stereocenters. The number of halogens is 1. The van der Waals surface area contributed by atoms with Crippen molar-refractivity contribution in [1.82, 2.24) is 20.4 Å². The van der Waals surface area contributed by atoms with E-state index in [0.717, 1.165) is 25.5 Å². The second-order valence-electron chi connectivity index (χ2n) is 6.16. The second kappa shape index (κ2) is 11.1. The number of aliphatic imine (C=N–C) groups is 1. The topological polar surface area (TPSA) is 54.2 Å². The molecule has 25 heavy (non-hydrogen) atoms. The van der Waals surface area contributed by atoms with Crippen LogP contribution in [0.25, 0.3) is 0 Å². The number of aryl methyl sites for hydroxylation is 2. The molecule has 0 spiro atoms. The first kappa shape index (κ1) is 21.5. The zero-order valence-electron chi connectivity index (χ0n) is 15.7. The Morgan fingerprint density at radius 3 is 2.48 bits per heavy atom. The number of hydrogen-bond acceptors (Lipinski definition) is 2. The highest BCUT2D eigenvalue weighted by Gasteiger charge is 2.05. The minimum absolute atomic E-state index is 0. The van der Waals surface area contributed by atoms with Crippen molar-refractivity contribution in [3.63, 3.8) is 0 Å². The quantitative estimate of drug-likeness (QED) is 0.290. The van der Waals surface area contributed by atoms with Gasteiger partial charge in [0.2, 0.25) is 0 Å². The lowest BCUT2D eigenvalue weighted by Gasteiger charge is -2.12. The summed E-state index contributed by atoms with van der Waals surface area (Å²) in [7, 11) is 1.96. The predicted octanol–water partition coefficient (Wildman–Crippen LogP) is 3.69. The molecular weight excluding hydrogens is 425 g/mol. The minimum atomic E-state index is 0. The highest BCUT2D eigenvalue weighted by atomic mass is 127. The first-order valence-corrected chi connectivity index (χ1v) is 8.65. The van der Waals surface area contributed by atoms with Gasteiger partial charge in [0.25, 0.3) is 0 Å². The van der Waals surface area contributed by atoms with Gasteiger partial charge in [0.1, 0.15) is 0 Å². The van der Waals surface area contributed by atoms with Gasteiger partial charge >= 0.3 is 0 Å². The number of nitrogens with zero attached hydrogens (tertiary/aromatic N) is 3. The SMILES string of the molecule is CCCCNC(=NCc1ccc(C)cc1)NCc1cnn(C)c1C.I. The molecule has 1 aromatic carbocycles. The fourth-order valence-corrected chi connectivity index (χ4v) is 2.32. The van der Waals surface area contributed by atoms with E-state index in [1.54, 1.807) is 0 Å². The fraction of sp³-hybridized carbons (Fsp3) is 0.474. The average molecular weight is 455 g/mol. The smallest absolute Gasteiger partial charge is 0.191 e. The van der Waals surface area contributed by atoms with Crippen LogP contribution >= 0.6 is 24.0 Å². The Balaban J connectivity index is 0.00000312. The summed E-state index contributed by atoms with van der Waals surface area (Å²) in [4.78, 5) is 4.71. The molecule has 0 radical (unpaired) electrons. The van der Waals surface area contributed by atoms with Crippen LogP contribution < -0.4 is 10.6 Å². The van der Waals surface area contributed by atoms with Gasteiger partial charge in [0.05, 0.1) is 12.7 Å². The highest BCUT2D eigenvalue weighted by Crippen LogP contribution is 2.06. The van der Waals surface area contributed by atoms with Crippen molar-refractivity contribution >= 4 is 29.9 Å². The van der Waals surface area contributed by atoms with Crippen molar-refractivity contribution in [2.75, 3.05) is 6.54 Å². The lowest BCUT2D eigenvalue weighted by Crippen LogP contribution is -2.37. The van der Waals surface area contributed by atoms with Gasteiger partial charge in [-0.2, -0.15) is 5.10 Å². The second-order valence-corrected chi connectivity index (χ2v) is 6.16. The van der Waals surface area contributed by atoms with Gasteiger partial charge in [-0.1, -0.05) is 43.2 Å². The molecule has 0 bridgehead atoms. The van der Waals surface area contributed by atoms with E-state index in [1.165, 1.54) is 28.8 Å². The molecule has 2 rings (SSSR count). The standard InChI is InChI=1S/C19H29N5.HI/c1-5-6-11-20-19(21-12-17-9-7-15(2)8-10-17)22-13-18-14-23-24(4)16(18)3;/h7-10,14H,5-6,11-13H2,1-4H3,(H2,20,21,22);1H. The first-order valence-electron chi connectivity index (χ1n) is 8.65. The summed E-state index contributed by atoms with van der Waals surface area (Å²) < 4.78 is 1.89. The Bertz CT molecular complexity index is 661. The molecule has 2 aromatic rings. The van der Waals surface area contributed by atoms with Crippen molar-refractivity contribution in [3.05, 3.63) is 52.8 Å². The Hall–Kier alpha value is -1.57. The van der Waals surface area contributed by atoms with Crippen molar-refractivity contribution < 1.29 is 0 Å². The van der Waals surface area contributed by atoms with Crippen molar-refractivity contribution in [2.45, 2.75) is 46.7 Å². The number of nitrogens with one attached hydrogen (secondary N) is 2. The first-order chi connectivity index (χ1) is 11.6. The molecule has 0 unspecified atom stereocenters. The van der Waals surface area contributed by atoms with Gasteiger partial charge in [0, 0.05) is 31.4 Å². The maximum atomic E-state index is 4.71. The van der Waals surface area contributed by atoms with Crippen molar-refractivity contribution in [2.24, 2.45) is 12.0 Å². The summed E-state index contributed by atoms with van der Waals surface area (Å²) in [5.74, 6) is 0.854. The van der Waals surface area contributed by atoms with Gasteiger partial charge in [-0.05, 0) is 25.8 Å². The maximum Gasteiger partial charge on any atom is 0.191 e.